The molecule has 0 unspecified atom stereocenters. The molecule has 182 valence electrons. The molecular formula is C26H31F3N4O. The largest absolute Gasteiger partial charge is 0.489 e. The molecule has 0 bridgehead atoms. The van der Waals surface area contributed by atoms with Crippen molar-refractivity contribution in [3.8, 4) is 5.75 Å². The Labute approximate surface area is 197 Å². The zero-order valence-electron chi connectivity index (χ0n) is 19.4. The SMILES string of the molecule is C[C@@H]1Cc2c([nH]c3ccccc23)[C@@H](c2nccc(OCCNCCCF)c2F)N1CC1(F)CC1. The lowest BCUT2D eigenvalue weighted by Gasteiger charge is -2.41. The molecule has 2 aliphatic rings. The number of alkyl halides is 2. The lowest BCUT2D eigenvalue weighted by molar-refractivity contribution is 0.0929. The summed E-state index contributed by atoms with van der Waals surface area (Å²) >= 11 is 0. The van der Waals surface area contributed by atoms with E-state index in [0.29, 0.717) is 32.4 Å². The minimum Gasteiger partial charge on any atom is -0.489 e. The normalized spacial score (nSPS) is 21.5. The van der Waals surface area contributed by atoms with E-state index in [9.17, 15) is 8.78 Å². The lowest BCUT2D eigenvalue weighted by Crippen LogP contribution is -2.46. The van der Waals surface area contributed by atoms with Crippen molar-refractivity contribution < 1.29 is 17.9 Å². The number of ether oxygens (including phenoxy) is 1. The summed E-state index contributed by atoms with van der Waals surface area (Å²) in [7, 11) is 0. The summed E-state index contributed by atoms with van der Waals surface area (Å²) in [6.45, 7) is 3.24. The molecule has 5 rings (SSSR count). The first-order valence-electron chi connectivity index (χ1n) is 12.1. The predicted octanol–water partition coefficient (Wildman–Crippen LogP) is 4.87. The highest BCUT2D eigenvalue weighted by Gasteiger charge is 2.49. The number of nitrogens with one attached hydrogen (secondary N) is 2. The van der Waals surface area contributed by atoms with E-state index in [1.165, 1.54) is 6.07 Å². The third kappa shape index (κ3) is 4.53. The van der Waals surface area contributed by atoms with Crippen LogP contribution in [0.2, 0.25) is 0 Å². The lowest BCUT2D eigenvalue weighted by atomic mass is 9.90. The number of fused-ring (bicyclic) bond motifs is 3. The molecule has 2 atom stereocenters. The molecule has 3 heterocycles. The number of H-pyrrole nitrogens is 1. The fourth-order valence-corrected chi connectivity index (χ4v) is 4.96. The van der Waals surface area contributed by atoms with Gasteiger partial charge in [-0.15, -0.1) is 0 Å². The van der Waals surface area contributed by atoms with E-state index in [1.54, 1.807) is 6.20 Å². The quantitative estimate of drug-likeness (QED) is 0.414. The number of hydrogen-bond acceptors (Lipinski definition) is 4. The number of hydrogen-bond donors (Lipinski definition) is 2. The van der Waals surface area contributed by atoms with Gasteiger partial charge in [0.1, 0.15) is 18.0 Å². The zero-order valence-corrected chi connectivity index (χ0v) is 19.4. The molecule has 2 N–H and O–H groups in total. The van der Waals surface area contributed by atoms with Crippen LogP contribution >= 0.6 is 0 Å². The Morgan fingerprint density at radius 1 is 1.24 bits per heavy atom. The first kappa shape index (κ1) is 23.2. The molecule has 3 aromatic rings. The Kier molecular flexibility index (Phi) is 6.53. The highest BCUT2D eigenvalue weighted by molar-refractivity contribution is 5.85. The maximum Gasteiger partial charge on any atom is 0.188 e. The van der Waals surface area contributed by atoms with Gasteiger partial charge in [0.2, 0.25) is 0 Å². The first-order valence-corrected chi connectivity index (χ1v) is 12.1. The summed E-state index contributed by atoms with van der Waals surface area (Å²) < 4.78 is 48.7. The van der Waals surface area contributed by atoms with Crippen molar-refractivity contribution in [2.45, 2.75) is 50.4 Å². The third-order valence-corrected chi connectivity index (χ3v) is 6.94. The number of rotatable bonds is 10. The van der Waals surface area contributed by atoms with Crippen molar-refractivity contribution in [1.29, 1.82) is 0 Å². The summed E-state index contributed by atoms with van der Waals surface area (Å²) in [5.41, 5.74) is 2.02. The van der Waals surface area contributed by atoms with Crippen molar-refractivity contribution in [3.63, 3.8) is 0 Å². The van der Waals surface area contributed by atoms with Crippen molar-refractivity contribution >= 4 is 10.9 Å². The van der Waals surface area contributed by atoms with Crippen LogP contribution in [0.1, 0.15) is 49.2 Å². The summed E-state index contributed by atoms with van der Waals surface area (Å²) in [4.78, 5) is 9.98. The molecular weight excluding hydrogens is 441 g/mol. The molecule has 1 aliphatic carbocycles. The fraction of sp³-hybridized carbons (Fsp3) is 0.500. The van der Waals surface area contributed by atoms with Crippen LogP contribution in [0.3, 0.4) is 0 Å². The molecule has 1 aromatic carbocycles. The monoisotopic (exact) mass is 472 g/mol. The van der Waals surface area contributed by atoms with Gasteiger partial charge >= 0.3 is 0 Å². The smallest absolute Gasteiger partial charge is 0.188 e. The summed E-state index contributed by atoms with van der Waals surface area (Å²) in [6, 6.07) is 9.05. The van der Waals surface area contributed by atoms with Gasteiger partial charge in [-0.05, 0) is 50.8 Å². The molecule has 1 saturated carbocycles. The van der Waals surface area contributed by atoms with Gasteiger partial charge in [-0.25, -0.2) is 8.78 Å². The van der Waals surface area contributed by atoms with Crippen LogP contribution in [-0.2, 0) is 6.42 Å². The van der Waals surface area contributed by atoms with Crippen LogP contribution in [0.4, 0.5) is 13.2 Å². The second kappa shape index (κ2) is 9.58. The summed E-state index contributed by atoms with van der Waals surface area (Å²) in [5, 5.41) is 4.18. The Morgan fingerprint density at radius 3 is 2.85 bits per heavy atom. The Morgan fingerprint density at radius 2 is 2.06 bits per heavy atom. The van der Waals surface area contributed by atoms with E-state index in [-0.39, 0.29) is 37.3 Å². The van der Waals surface area contributed by atoms with E-state index < -0.39 is 17.5 Å². The Balaban J connectivity index is 1.48. The minimum absolute atomic E-state index is 0.0235. The van der Waals surface area contributed by atoms with E-state index in [4.69, 9.17) is 4.74 Å². The molecule has 5 nitrogen and oxygen atoms in total. The second-order valence-corrected chi connectivity index (χ2v) is 9.49. The van der Waals surface area contributed by atoms with Gasteiger partial charge in [-0.3, -0.25) is 14.3 Å². The number of nitrogens with zero attached hydrogens (tertiary/aromatic N) is 2. The van der Waals surface area contributed by atoms with E-state index >= 15 is 4.39 Å². The second-order valence-electron chi connectivity index (χ2n) is 9.49. The number of aromatic amines is 1. The molecule has 0 spiro atoms. The van der Waals surface area contributed by atoms with Crippen LogP contribution in [-0.4, -0.2) is 59.5 Å². The molecule has 34 heavy (non-hydrogen) atoms. The minimum atomic E-state index is -1.22. The van der Waals surface area contributed by atoms with E-state index in [2.05, 4.69) is 33.2 Å². The van der Waals surface area contributed by atoms with E-state index in [1.807, 2.05) is 18.2 Å². The van der Waals surface area contributed by atoms with Crippen LogP contribution in [0.25, 0.3) is 10.9 Å². The Hall–Kier alpha value is -2.58. The maximum absolute atomic E-state index is 15.8. The van der Waals surface area contributed by atoms with E-state index in [0.717, 1.165) is 28.6 Å². The molecule has 0 saturated heterocycles. The third-order valence-electron chi connectivity index (χ3n) is 6.94. The molecule has 0 radical (unpaired) electrons. The maximum atomic E-state index is 15.8. The highest BCUT2D eigenvalue weighted by atomic mass is 19.1. The number of para-hydroxylation sites is 1. The summed E-state index contributed by atoms with van der Waals surface area (Å²) in [6.07, 6.45) is 3.82. The average Bonchev–Trinajstić information content (AvgIpc) is 3.45. The van der Waals surface area contributed by atoms with Gasteiger partial charge in [0.15, 0.2) is 11.6 Å². The molecule has 0 amide bonds. The topological polar surface area (TPSA) is 53.2 Å². The van der Waals surface area contributed by atoms with Gasteiger partial charge in [-0.1, -0.05) is 18.2 Å². The van der Waals surface area contributed by atoms with Crippen molar-refractivity contribution in [1.82, 2.24) is 20.2 Å². The molecule has 8 heteroatoms. The predicted molar refractivity (Wildman–Crippen MR) is 126 cm³/mol. The molecule has 2 aromatic heterocycles. The number of halogens is 3. The van der Waals surface area contributed by atoms with Crippen LogP contribution in [0, 0.1) is 5.82 Å². The van der Waals surface area contributed by atoms with Crippen LogP contribution in [0.5, 0.6) is 5.75 Å². The standard InChI is InChI=1S/C26H31F3N4O/c1-17-15-19-18-5-2-3-6-20(18)32-23(19)25(33(17)16-26(29)8-9-26)24-22(28)21(7-12-31-24)34-14-13-30-11-4-10-27/h2-3,5-7,12,17,25,30,32H,4,8-11,13-16H2,1H3/t17-,25+/m1/s1. The first-order chi connectivity index (χ1) is 16.5. The van der Waals surface area contributed by atoms with Gasteiger partial charge in [0.05, 0.1) is 12.7 Å². The Bertz CT molecular complexity index is 1150. The van der Waals surface area contributed by atoms with Crippen LogP contribution < -0.4 is 10.1 Å². The summed E-state index contributed by atoms with van der Waals surface area (Å²) in [5.74, 6) is -0.404. The van der Waals surface area contributed by atoms with Gasteiger partial charge in [-0.2, -0.15) is 0 Å². The van der Waals surface area contributed by atoms with Gasteiger partial charge in [0.25, 0.3) is 0 Å². The van der Waals surface area contributed by atoms with Gasteiger partial charge in [0, 0.05) is 48.0 Å². The highest BCUT2D eigenvalue weighted by Crippen LogP contribution is 2.47. The number of pyridine rings is 1. The molecule has 1 aliphatic heterocycles. The van der Waals surface area contributed by atoms with Crippen LogP contribution in [0.15, 0.2) is 36.5 Å². The fourth-order valence-electron chi connectivity index (χ4n) is 4.96. The number of benzene rings is 1. The molecule has 1 fully saturated rings. The van der Waals surface area contributed by atoms with Gasteiger partial charge < -0.3 is 15.0 Å². The van der Waals surface area contributed by atoms with Crippen molar-refractivity contribution in [2.24, 2.45) is 0 Å². The average molecular weight is 473 g/mol. The zero-order chi connectivity index (χ0) is 23.7. The van der Waals surface area contributed by atoms with Crippen molar-refractivity contribution in [2.75, 3.05) is 32.9 Å². The van der Waals surface area contributed by atoms with Crippen molar-refractivity contribution in [3.05, 3.63) is 59.3 Å². The number of aromatic nitrogens is 2.